The Morgan fingerprint density at radius 1 is 1.16 bits per heavy atom. The molecule has 0 saturated heterocycles. The molecule has 0 heterocycles. The van der Waals surface area contributed by atoms with Crippen molar-refractivity contribution in [3.63, 3.8) is 0 Å². The van der Waals surface area contributed by atoms with E-state index in [2.05, 4.69) is 6.58 Å². The number of para-hydroxylation sites is 1. The van der Waals surface area contributed by atoms with Crippen LogP contribution in [0.1, 0.15) is 18.1 Å². The Morgan fingerprint density at radius 3 is 2.44 bits per heavy atom. The van der Waals surface area contributed by atoms with Gasteiger partial charge in [0.25, 0.3) is 0 Å². The van der Waals surface area contributed by atoms with Crippen molar-refractivity contribution in [3.8, 4) is 0 Å². The van der Waals surface area contributed by atoms with Crippen LogP contribution in [0.5, 0.6) is 0 Å². The van der Waals surface area contributed by atoms with Gasteiger partial charge in [0.1, 0.15) is 12.6 Å². The molecule has 2 aromatic rings. The number of benzene rings is 2. The summed E-state index contributed by atoms with van der Waals surface area (Å²) in [5.41, 5.74) is 8.16. The number of carbonyl (C=O) groups excluding carboxylic acids is 2. The second-order valence-electron chi connectivity index (χ2n) is 5.64. The van der Waals surface area contributed by atoms with Gasteiger partial charge in [-0.15, -0.1) is 0 Å². The first-order chi connectivity index (χ1) is 12.0. The number of hydrogen-bond donors (Lipinski definition) is 1. The maximum atomic E-state index is 12.4. The van der Waals surface area contributed by atoms with Crippen LogP contribution < -0.4 is 5.73 Å². The largest absolute Gasteiger partial charge is 0.459 e. The molecular formula is C20H22N2O3. The Balaban J connectivity index is 2.08. The second kappa shape index (κ2) is 8.68. The zero-order chi connectivity index (χ0) is 18.2. The van der Waals surface area contributed by atoms with Gasteiger partial charge in [-0.1, -0.05) is 55.1 Å². The minimum atomic E-state index is -0.756. The molecule has 0 radical (unpaired) electrons. The molecule has 25 heavy (non-hydrogen) atoms. The number of ether oxygens (including phenoxy) is 1. The molecule has 2 rings (SSSR count). The Bertz CT molecular complexity index is 744. The third kappa shape index (κ3) is 4.94. The lowest BCUT2D eigenvalue weighted by Crippen LogP contribution is -2.42. The van der Waals surface area contributed by atoms with Crippen molar-refractivity contribution in [2.45, 2.75) is 26.1 Å². The van der Waals surface area contributed by atoms with Crippen LogP contribution in [0.3, 0.4) is 0 Å². The van der Waals surface area contributed by atoms with Crippen molar-refractivity contribution in [2.24, 2.45) is 0 Å². The van der Waals surface area contributed by atoms with Crippen LogP contribution in [-0.2, 0) is 27.5 Å². The highest BCUT2D eigenvalue weighted by Crippen LogP contribution is 2.16. The molecule has 130 valence electrons. The molecule has 0 spiro atoms. The summed E-state index contributed by atoms with van der Waals surface area (Å²) in [6, 6.07) is 15.8. The summed E-state index contributed by atoms with van der Waals surface area (Å²) in [7, 11) is 0. The average molecular weight is 338 g/mol. The molecule has 0 aliphatic heterocycles. The van der Waals surface area contributed by atoms with Gasteiger partial charge in [0.05, 0.1) is 0 Å². The van der Waals surface area contributed by atoms with Crippen LogP contribution in [-0.4, -0.2) is 22.8 Å². The number of nitrogen functional groups attached to an aromatic ring is 1. The van der Waals surface area contributed by atoms with Gasteiger partial charge in [0.2, 0.25) is 5.91 Å². The molecule has 0 aromatic heterocycles. The van der Waals surface area contributed by atoms with E-state index in [1.54, 1.807) is 13.0 Å². The van der Waals surface area contributed by atoms with E-state index in [-0.39, 0.29) is 19.1 Å². The number of carbonyl (C=O) groups is 2. The summed E-state index contributed by atoms with van der Waals surface area (Å²) >= 11 is 0. The van der Waals surface area contributed by atoms with Gasteiger partial charge < -0.3 is 15.4 Å². The molecule has 1 atom stereocenters. The zero-order valence-electron chi connectivity index (χ0n) is 14.2. The van der Waals surface area contributed by atoms with Crippen LogP contribution in [0.2, 0.25) is 0 Å². The van der Waals surface area contributed by atoms with E-state index in [0.29, 0.717) is 5.69 Å². The number of nitrogens with two attached hydrogens (primary N) is 1. The summed E-state index contributed by atoms with van der Waals surface area (Å²) in [5, 5.41) is 0. The number of hydrogen-bond acceptors (Lipinski definition) is 4. The maximum absolute atomic E-state index is 12.4. The van der Waals surface area contributed by atoms with E-state index in [0.717, 1.165) is 11.1 Å². The minimum Gasteiger partial charge on any atom is -0.459 e. The lowest BCUT2D eigenvalue weighted by atomic mass is 10.1. The molecule has 5 heteroatoms. The minimum absolute atomic E-state index is 0.160. The monoisotopic (exact) mass is 338 g/mol. The van der Waals surface area contributed by atoms with Gasteiger partial charge in [-0.2, -0.15) is 0 Å². The van der Waals surface area contributed by atoms with Crippen LogP contribution in [0.15, 0.2) is 67.3 Å². The van der Waals surface area contributed by atoms with Crippen molar-refractivity contribution < 1.29 is 14.3 Å². The third-order valence-electron chi connectivity index (χ3n) is 3.89. The average Bonchev–Trinajstić information content (AvgIpc) is 2.65. The first kappa shape index (κ1) is 18.3. The highest BCUT2D eigenvalue weighted by Gasteiger charge is 2.26. The van der Waals surface area contributed by atoms with Gasteiger partial charge in [0, 0.05) is 12.2 Å². The lowest BCUT2D eigenvalue weighted by Gasteiger charge is -2.27. The number of anilines is 1. The fourth-order valence-corrected chi connectivity index (χ4v) is 2.36. The molecule has 0 bridgehead atoms. The standard InChI is InChI=1S/C20H22N2O3/c1-3-19(23)22(13-17-11-7-8-12-18(17)21)15(2)20(24)25-14-16-9-5-4-6-10-16/h3-12,15H,1,13-14,21H2,2H3/t15-/m0/s1. The number of rotatable bonds is 7. The summed E-state index contributed by atoms with van der Waals surface area (Å²) in [6.07, 6.45) is 1.18. The first-order valence-corrected chi connectivity index (χ1v) is 8.00. The lowest BCUT2D eigenvalue weighted by molar-refractivity contribution is -0.154. The van der Waals surface area contributed by atoms with Gasteiger partial charge in [0.15, 0.2) is 0 Å². The van der Waals surface area contributed by atoms with Gasteiger partial charge in [-0.05, 0) is 30.2 Å². The highest BCUT2D eigenvalue weighted by atomic mass is 16.5. The van der Waals surface area contributed by atoms with E-state index in [1.165, 1.54) is 11.0 Å². The van der Waals surface area contributed by atoms with E-state index >= 15 is 0 Å². The SMILES string of the molecule is C=CC(=O)N(Cc1ccccc1N)[C@@H](C)C(=O)OCc1ccccc1. The van der Waals surface area contributed by atoms with Crippen molar-refractivity contribution in [3.05, 3.63) is 78.4 Å². The fourth-order valence-electron chi connectivity index (χ4n) is 2.36. The Morgan fingerprint density at radius 2 is 1.80 bits per heavy atom. The van der Waals surface area contributed by atoms with Crippen molar-refractivity contribution in [1.82, 2.24) is 4.90 Å². The zero-order valence-corrected chi connectivity index (χ0v) is 14.2. The second-order valence-corrected chi connectivity index (χ2v) is 5.64. The smallest absolute Gasteiger partial charge is 0.328 e. The number of esters is 1. The highest BCUT2D eigenvalue weighted by molar-refractivity contribution is 5.91. The number of nitrogens with zero attached hydrogens (tertiary/aromatic N) is 1. The topological polar surface area (TPSA) is 72.6 Å². The molecule has 2 aromatic carbocycles. The predicted octanol–water partition coefficient (Wildman–Crippen LogP) is 2.92. The Labute approximate surface area is 147 Å². The van der Waals surface area contributed by atoms with Crippen LogP contribution in [0.25, 0.3) is 0 Å². The predicted molar refractivity (Wildman–Crippen MR) is 97.3 cm³/mol. The molecule has 0 saturated carbocycles. The maximum Gasteiger partial charge on any atom is 0.328 e. The summed E-state index contributed by atoms with van der Waals surface area (Å²) < 4.78 is 5.34. The van der Waals surface area contributed by atoms with Crippen molar-refractivity contribution in [1.29, 1.82) is 0 Å². The van der Waals surface area contributed by atoms with E-state index < -0.39 is 12.0 Å². The quantitative estimate of drug-likeness (QED) is 0.479. The molecule has 0 aliphatic rings. The van der Waals surface area contributed by atoms with Crippen LogP contribution >= 0.6 is 0 Å². The molecule has 0 unspecified atom stereocenters. The van der Waals surface area contributed by atoms with Gasteiger partial charge in [-0.3, -0.25) is 4.79 Å². The van der Waals surface area contributed by atoms with E-state index in [9.17, 15) is 9.59 Å². The third-order valence-corrected chi connectivity index (χ3v) is 3.89. The van der Waals surface area contributed by atoms with Crippen LogP contribution in [0.4, 0.5) is 5.69 Å². The molecule has 0 fully saturated rings. The van der Waals surface area contributed by atoms with Gasteiger partial charge in [-0.25, -0.2) is 4.79 Å². The molecule has 0 aliphatic carbocycles. The Kier molecular flexibility index (Phi) is 6.34. The van der Waals surface area contributed by atoms with E-state index in [1.807, 2.05) is 48.5 Å². The fraction of sp³-hybridized carbons (Fsp3) is 0.200. The number of amides is 1. The first-order valence-electron chi connectivity index (χ1n) is 8.00. The molecule has 1 amide bonds. The molecule has 5 nitrogen and oxygen atoms in total. The summed E-state index contributed by atoms with van der Waals surface area (Å²) in [5.74, 6) is -0.832. The van der Waals surface area contributed by atoms with Crippen molar-refractivity contribution >= 4 is 17.6 Å². The van der Waals surface area contributed by atoms with Crippen LogP contribution in [0, 0.1) is 0 Å². The Hall–Kier alpha value is -3.08. The summed E-state index contributed by atoms with van der Waals surface area (Å²) in [4.78, 5) is 26.0. The van der Waals surface area contributed by atoms with E-state index in [4.69, 9.17) is 10.5 Å². The molecular weight excluding hydrogens is 316 g/mol. The van der Waals surface area contributed by atoms with Crippen molar-refractivity contribution in [2.75, 3.05) is 5.73 Å². The van der Waals surface area contributed by atoms with Gasteiger partial charge >= 0.3 is 5.97 Å². The molecule has 2 N–H and O–H groups in total. The summed E-state index contributed by atoms with van der Waals surface area (Å²) in [6.45, 7) is 5.51. The normalized spacial score (nSPS) is 11.4.